The SMILES string of the molecule is O=C(O)CCCCCCCCCNCc1ccccc1. The van der Waals surface area contributed by atoms with Crippen LogP contribution in [-0.2, 0) is 11.3 Å². The van der Waals surface area contributed by atoms with Crippen LogP contribution in [0.1, 0.15) is 56.9 Å². The fourth-order valence-electron chi connectivity index (χ4n) is 2.24. The number of unbranched alkanes of at least 4 members (excludes halogenated alkanes) is 6. The summed E-state index contributed by atoms with van der Waals surface area (Å²) in [5, 5.41) is 12.0. The third-order valence-corrected chi connectivity index (χ3v) is 3.42. The Bertz CT molecular complexity index is 351. The maximum atomic E-state index is 10.3. The number of benzene rings is 1. The topological polar surface area (TPSA) is 49.3 Å². The van der Waals surface area contributed by atoms with Crippen molar-refractivity contribution in [2.75, 3.05) is 6.54 Å². The molecule has 0 unspecified atom stereocenters. The smallest absolute Gasteiger partial charge is 0.303 e. The molecule has 0 aliphatic rings. The first kappa shape index (κ1) is 16.7. The highest BCUT2D eigenvalue weighted by molar-refractivity contribution is 5.66. The Morgan fingerprint density at radius 1 is 0.900 bits per heavy atom. The normalized spacial score (nSPS) is 10.6. The van der Waals surface area contributed by atoms with Crippen LogP contribution in [0, 0.1) is 0 Å². The summed E-state index contributed by atoms with van der Waals surface area (Å²) < 4.78 is 0. The first-order chi connectivity index (χ1) is 9.79. The molecule has 0 saturated carbocycles. The molecule has 112 valence electrons. The highest BCUT2D eigenvalue weighted by Gasteiger charge is 1.96. The van der Waals surface area contributed by atoms with Crippen LogP contribution in [0.5, 0.6) is 0 Å². The average Bonchev–Trinajstić information content (AvgIpc) is 2.45. The van der Waals surface area contributed by atoms with E-state index in [4.69, 9.17) is 5.11 Å². The minimum Gasteiger partial charge on any atom is -0.481 e. The molecule has 0 aromatic heterocycles. The molecule has 1 aromatic carbocycles. The second-order valence-electron chi connectivity index (χ2n) is 5.28. The fraction of sp³-hybridized carbons (Fsp3) is 0.588. The van der Waals surface area contributed by atoms with Gasteiger partial charge < -0.3 is 10.4 Å². The number of carboxylic acids is 1. The van der Waals surface area contributed by atoms with E-state index in [2.05, 4.69) is 29.6 Å². The van der Waals surface area contributed by atoms with Crippen molar-refractivity contribution < 1.29 is 9.90 Å². The van der Waals surface area contributed by atoms with Crippen LogP contribution in [0.2, 0.25) is 0 Å². The molecule has 0 fully saturated rings. The van der Waals surface area contributed by atoms with Gasteiger partial charge in [0, 0.05) is 13.0 Å². The molecular formula is C17H27NO2. The summed E-state index contributed by atoms with van der Waals surface area (Å²) in [6.45, 7) is 2.03. The molecule has 0 bridgehead atoms. The molecule has 20 heavy (non-hydrogen) atoms. The summed E-state index contributed by atoms with van der Waals surface area (Å²) in [7, 11) is 0. The zero-order chi connectivity index (χ0) is 14.5. The summed E-state index contributed by atoms with van der Waals surface area (Å²) in [5.41, 5.74) is 1.34. The Morgan fingerprint density at radius 3 is 2.15 bits per heavy atom. The van der Waals surface area contributed by atoms with E-state index in [-0.39, 0.29) is 0 Å². The molecule has 0 aliphatic heterocycles. The highest BCUT2D eigenvalue weighted by atomic mass is 16.4. The second-order valence-corrected chi connectivity index (χ2v) is 5.28. The van der Waals surface area contributed by atoms with Gasteiger partial charge in [-0.15, -0.1) is 0 Å². The summed E-state index contributed by atoms with van der Waals surface area (Å²) in [6.07, 6.45) is 8.36. The van der Waals surface area contributed by atoms with E-state index >= 15 is 0 Å². The molecule has 0 atom stereocenters. The molecule has 0 radical (unpaired) electrons. The van der Waals surface area contributed by atoms with Crippen LogP contribution < -0.4 is 5.32 Å². The Hall–Kier alpha value is -1.35. The number of nitrogens with one attached hydrogen (secondary N) is 1. The number of carboxylic acid groups (broad SMARTS) is 1. The Labute approximate surface area is 122 Å². The van der Waals surface area contributed by atoms with Gasteiger partial charge in [-0.2, -0.15) is 0 Å². The summed E-state index contributed by atoms with van der Waals surface area (Å²) >= 11 is 0. The number of hydrogen-bond donors (Lipinski definition) is 2. The van der Waals surface area contributed by atoms with Crippen molar-refractivity contribution in [2.45, 2.75) is 57.9 Å². The number of hydrogen-bond acceptors (Lipinski definition) is 2. The first-order valence-electron chi connectivity index (χ1n) is 7.75. The molecule has 0 saturated heterocycles. The zero-order valence-corrected chi connectivity index (χ0v) is 12.3. The predicted molar refractivity (Wildman–Crippen MR) is 82.7 cm³/mol. The molecule has 1 aromatic rings. The number of aliphatic carboxylic acids is 1. The lowest BCUT2D eigenvalue weighted by atomic mass is 10.1. The first-order valence-corrected chi connectivity index (χ1v) is 7.75. The predicted octanol–water partition coefficient (Wildman–Crippen LogP) is 3.98. The van der Waals surface area contributed by atoms with Gasteiger partial charge in [0.2, 0.25) is 0 Å². The third kappa shape index (κ3) is 9.56. The van der Waals surface area contributed by atoms with Gasteiger partial charge in [-0.05, 0) is 24.9 Å². The minimum atomic E-state index is -0.672. The van der Waals surface area contributed by atoms with Crippen molar-refractivity contribution >= 4 is 5.97 Å². The van der Waals surface area contributed by atoms with E-state index in [1.54, 1.807) is 0 Å². The molecule has 3 heteroatoms. The largest absolute Gasteiger partial charge is 0.481 e. The van der Waals surface area contributed by atoms with Crippen LogP contribution in [-0.4, -0.2) is 17.6 Å². The molecule has 2 N–H and O–H groups in total. The van der Waals surface area contributed by atoms with E-state index in [9.17, 15) is 4.79 Å². The van der Waals surface area contributed by atoms with Crippen molar-refractivity contribution in [3.63, 3.8) is 0 Å². The van der Waals surface area contributed by atoms with E-state index in [1.807, 2.05) is 6.07 Å². The van der Waals surface area contributed by atoms with Gasteiger partial charge in [-0.25, -0.2) is 0 Å². The maximum Gasteiger partial charge on any atom is 0.303 e. The molecule has 0 spiro atoms. The van der Waals surface area contributed by atoms with Crippen molar-refractivity contribution in [1.29, 1.82) is 0 Å². The Morgan fingerprint density at radius 2 is 1.50 bits per heavy atom. The van der Waals surface area contributed by atoms with Gasteiger partial charge in [0.15, 0.2) is 0 Å². The van der Waals surface area contributed by atoms with E-state index in [0.717, 1.165) is 25.9 Å². The summed E-state index contributed by atoms with van der Waals surface area (Å²) in [6, 6.07) is 10.5. The Balaban J connectivity index is 1.80. The van der Waals surface area contributed by atoms with Crippen molar-refractivity contribution in [3.8, 4) is 0 Å². The van der Waals surface area contributed by atoms with Crippen molar-refractivity contribution in [1.82, 2.24) is 5.32 Å². The van der Waals surface area contributed by atoms with E-state index in [1.165, 1.54) is 37.7 Å². The van der Waals surface area contributed by atoms with Crippen molar-refractivity contribution in [3.05, 3.63) is 35.9 Å². The molecule has 0 aliphatic carbocycles. The van der Waals surface area contributed by atoms with Crippen LogP contribution in [0.3, 0.4) is 0 Å². The standard InChI is InChI=1S/C17H27NO2/c19-17(20)13-9-4-2-1-3-5-10-14-18-15-16-11-7-6-8-12-16/h6-8,11-12,18H,1-5,9-10,13-15H2,(H,19,20). The van der Waals surface area contributed by atoms with Gasteiger partial charge in [0.25, 0.3) is 0 Å². The van der Waals surface area contributed by atoms with Gasteiger partial charge in [0.1, 0.15) is 0 Å². The average molecular weight is 277 g/mol. The van der Waals surface area contributed by atoms with Crippen LogP contribution in [0.25, 0.3) is 0 Å². The Kier molecular flexibility index (Phi) is 9.58. The van der Waals surface area contributed by atoms with Gasteiger partial charge in [0.05, 0.1) is 0 Å². The monoisotopic (exact) mass is 277 g/mol. The highest BCUT2D eigenvalue weighted by Crippen LogP contribution is 2.08. The molecule has 1 rings (SSSR count). The number of rotatable bonds is 12. The lowest BCUT2D eigenvalue weighted by molar-refractivity contribution is -0.137. The quantitative estimate of drug-likeness (QED) is 0.568. The number of carbonyl (C=O) groups is 1. The molecular weight excluding hydrogens is 250 g/mol. The van der Waals surface area contributed by atoms with Crippen LogP contribution in [0.4, 0.5) is 0 Å². The summed E-state index contributed by atoms with van der Waals surface area (Å²) in [5.74, 6) is -0.672. The maximum absolute atomic E-state index is 10.3. The fourth-order valence-corrected chi connectivity index (χ4v) is 2.24. The molecule has 0 heterocycles. The molecule has 3 nitrogen and oxygen atoms in total. The van der Waals surface area contributed by atoms with E-state index < -0.39 is 5.97 Å². The van der Waals surface area contributed by atoms with E-state index in [0.29, 0.717) is 6.42 Å². The van der Waals surface area contributed by atoms with Gasteiger partial charge in [-0.3, -0.25) is 4.79 Å². The second kappa shape index (κ2) is 11.5. The minimum absolute atomic E-state index is 0.323. The van der Waals surface area contributed by atoms with Crippen molar-refractivity contribution in [2.24, 2.45) is 0 Å². The van der Waals surface area contributed by atoms with Gasteiger partial charge >= 0.3 is 5.97 Å². The lowest BCUT2D eigenvalue weighted by Crippen LogP contribution is -2.14. The summed E-state index contributed by atoms with van der Waals surface area (Å²) in [4.78, 5) is 10.3. The van der Waals surface area contributed by atoms with Crippen LogP contribution in [0.15, 0.2) is 30.3 Å². The van der Waals surface area contributed by atoms with Crippen LogP contribution >= 0.6 is 0 Å². The zero-order valence-electron chi connectivity index (χ0n) is 12.3. The lowest BCUT2D eigenvalue weighted by Gasteiger charge is -2.05. The van der Waals surface area contributed by atoms with Gasteiger partial charge in [-0.1, -0.05) is 62.4 Å². The third-order valence-electron chi connectivity index (χ3n) is 3.42. The molecule has 0 amide bonds.